The standard InChI is InChI=1S/C60H101N3O45/c1-13-28(75)35(82)39(86)56(92-13)105-48-27(63-16(4)74)55(100-24(12-71)47(48)104-60-43(90)50(31(78)20(8-67)97-60)107-53-25(61-14(2)72)33(80)44(22(10-69)98-53)101-57-40(87)36(83)29(76)17(5-64)94-57)108-51-32(79)19(7-66)95-58(42(51)89)102-45-23(11-70)99-54(26(34(45)81)62-15(3)73)106-49-30(77)18(6-65)96-59(41(49)88)103-46-21(9-68)93-52(91)38(85)37(46)84/h13,17-60,64-71,75-91H,5-12H2,1-4H3,(H,61,72)(H,62,73)(H,63,74)/t13-,17+,18+,19+,20+,21+,22+,23+,24+,25+,26+,27+,28+,29-,30-,31-,32-,33+,34+,35+,36-,37+,38+,39-,40+,41+,42+,43+,44+,45+,46+,47+,48+,49-,50-,51-,52+,53-,54-,55-,56-,57-,58-,59-,60-/m0/s1. The Morgan fingerprint density at radius 2 is 0.500 bits per heavy atom. The van der Waals surface area contributed by atoms with Gasteiger partial charge in [-0.05, 0) is 6.92 Å². The number of hydrogen-bond acceptors (Lipinski definition) is 45. The molecule has 0 aromatic heterocycles. The molecule has 9 saturated heterocycles. The summed E-state index contributed by atoms with van der Waals surface area (Å²) in [6, 6.07) is -5.80. The molecule has 9 aliphatic rings. The molecule has 9 heterocycles. The Bertz CT molecular complexity index is 2820. The Balaban J connectivity index is 0.981. The summed E-state index contributed by atoms with van der Waals surface area (Å²) >= 11 is 0. The van der Waals surface area contributed by atoms with Crippen LogP contribution in [0.5, 0.6) is 0 Å². The van der Waals surface area contributed by atoms with Gasteiger partial charge in [0.05, 0.1) is 59.0 Å². The number of amides is 3. The summed E-state index contributed by atoms with van der Waals surface area (Å²) in [6.45, 7) is -4.64. The fourth-order valence-electron chi connectivity index (χ4n) is 14.1. The van der Waals surface area contributed by atoms with E-state index in [2.05, 4.69) is 16.0 Å². The smallest absolute Gasteiger partial charge is 0.217 e. The van der Waals surface area contributed by atoms with Crippen LogP contribution >= 0.6 is 0 Å². The summed E-state index contributed by atoms with van der Waals surface area (Å²) in [5.41, 5.74) is 0. The molecule has 28 N–H and O–H groups in total. The zero-order valence-corrected chi connectivity index (χ0v) is 58.0. The lowest BCUT2D eigenvalue weighted by Gasteiger charge is -2.52. The van der Waals surface area contributed by atoms with Gasteiger partial charge in [0.2, 0.25) is 17.7 Å². The predicted octanol–water partition coefficient (Wildman–Crippen LogP) is -19.2. The van der Waals surface area contributed by atoms with E-state index in [-0.39, 0.29) is 0 Å². The van der Waals surface area contributed by atoms with Crippen molar-refractivity contribution in [2.75, 3.05) is 52.9 Å². The van der Waals surface area contributed by atoms with Crippen molar-refractivity contribution in [3.05, 3.63) is 0 Å². The number of nitrogens with one attached hydrogen (secondary N) is 3. The van der Waals surface area contributed by atoms with Crippen LogP contribution in [-0.2, 0) is 94.9 Å². The molecule has 9 rings (SSSR count). The van der Waals surface area contributed by atoms with E-state index >= 15 is 0 Å². The maximum absolute atomic E-state index is 13.5. The van der Waals surface area contributed by atoms with Gasteiger partial charge < -0.3 is 224 Å². The summed E-state index contributed by atoms with van der Waals surface area (Å²) < 4.78 is 100.0. The van der Waals surface area contributed by atoms with E-state index in [0.717, 1.165) is 20.8 Å². The van der Waals surface area contributed by atoms with Crippen LogP contribution in [-0.4, -0.2) is 474 Å². The number of aliphatic hydroxyl groups excluding tert-OH is 25. The van der Waals surface area contributed by atoms with Crippen molar-refractivity contribution in [2.24, 2.45) is 0 Å². The highest BCUT2D eigenvalue weighted by atomic mass is 16.8. The van der Waals surface area contributed by atoms with Crippen molar-refractivity contribution < 1.29 is 223 Å². The SMILES string of the molecule is CC(=O)N[C@H]1[C@H](O[C@H]2[C@@H](O)[C@@H](CO)O[C@@H](O[C@H]3[C@H](O[C@@H]4O[C@@H](C)[C@@H](O)[C@@H](O)[C@@H]4O)[C@@H](NC(C)=O)[C@H](O[C@H]4[C@@H](O)[C@@H](CO)O[C@@H](O[C@H]5[C@H](O)[C@@H](NC(C)=O)[C@H](O[C@H]6[C@@H](O)[C@@H](CO)O[C@@H](O[C@H]7[C@H](O)[C@@H](O)[C@H](O)O[C@@H]7CO)[C@@H]6O)O[C@@H]5CO)[C@@H]4O)O[C@@H]3CO)[C@@H]2O)O[C@H](CO)[C@@H](O[C@@H]2O[C@H](CO)[C@H](O)[C@H](O)[C@H]2O)[C@@H]1O. The maximum Gasteiger partial charge on any atom is 0.217 e. The lowest BCUT2D eigenvalue weighted by atomic mass is 9.93. The van der Waals surface area contributed by atoms with Crippen LogP contribution < -0.4 is 16.0 Å². The van der Waals surface area contributed by atoms with Crippen molar-refractivity contribution in [3.8, 4) is 0 Å². The van der Waals surface area contributed by atoms with Gasteiger partial charge in [-0.25, -0.2) is 0 Å². The average molecular weight is 1580 g/mol. The Hall–Kier alpha value is -3.27. The Kier molecular flexibility index (Phi) is 31.6. The van der Waals surface area contributed by atoms with Crippen molar-refractivity contribution in [2.45, 2.75) is 304 Å². The number of carbonyl (C=O) groups excluding carboxylic acids is 3. The minimum absolute atomic E-state index is 0.901. The minimum atomic E-state index is -2.42. The molecule has 0 saturated carbocycles. The lowest BCUT2D eigenvalue weighted by molar-refractivity contribution is -0.397. The fraction of sp³-hybridized carbons (Fsp3) is 0.950. The van der Waals surface area contributed by atoms with Gasteiger partial charge in [0, 0.05) is 20.8 Å². The maximum atomic E-state index is 13.5. The second kappa shape index (κ2) is 38.5. The molecule has 0 aromatic rings. The number of hydrogen-bond donors (Lipinski definition) is 28. The van der Waals surface area contributed by atoms with Crippen molar-refractivity contribution in [3.63, 3.8) is 0 Å². The fourth-order valence-corrected chi connectivity index (χ4v) is 14.1. The molecule has 108 heavy (non-hydrogen) atoms. The van der Waals surface area contributed by atoms with Crippen LogP contribution in [0.15, 0.2) is 0 Å². The highest BCUT2D eigenvalue weighted by Crippen LogP contribution is 2.41. The van der Waals surface area contributed by atoms with Gasteiger partial charge in [0.15, 0.2) is 56.6 Å². The van der Waals surface area contributed by atoms with Gasteiger partial charge in [-0.2, -0.15) is 0 Å². The number of ether oxygens (including phenoxy) is 17. The highest BCUT2D eigenvalue weighted by molar-refractivity contribution is 5.74. The van der Waals surface area contributed by atoms with Crippen molar-refractivity contribution in [1.29, 1.82) is 0 Å². The molecule has 45 atom stereocenters. The Morgan fingerprint density at radius 1 is 0.241 bits per heavy atom. The first-order valence-electron chi connectivity index (χ1n) is 34.5. The van der Waals surface area contributed by atoms with Crippen LogP contribution in [0.2, 0.25) is 0 Å². The Labute approximate surface area is 611 Å². The first kappa shape index (κ1) is 88.7. The molecule has 0 unspecified atom stereocenters. The van der Waals surface area contributed by atoms with E-state index in [1.165, 1.54) is 6.92 Å². The number of aliphatic hydroxyl groups is 25. The zero-order valence-electron chi connectivity index (χ0n) is 58.0. The Morgan fingerprint density at radius 3 is 0.861 bits per heavy atom. The third-order valence-electron chi connectivity index (χ3n) is 19.9. The van der Waals surface area contributed by atoms with E-state index in [0.29, 0.717) is 0 Å². The highest BCUT2D eigenvalue weighted by Gasteiger charge is 2.62. The van der Waals surface area contributed by atoms with Gasteiger partial charge in [0.1, 0.15) is 213 Å². The van der Waals surface area contributed by atoms with Crippen LogP contribution in [0.3, 0.4) is 0 Å². The second-order valence-corrected chi connectivity index (χ2v) is 27.4. The molecule has 9 aliphatic heterocycles. The zero-order chi connectivity index (χ0) is 79.5. The normalized spacial score (nSPS) is 50.4. The van der Waals surface area contributed by atoms with Gasteiger partial charge in [-0.3, -0.25) is 14.4 Å². The summed E-state index contributed by atoms with van der Waals surface area (Å²) in [7, 11) is 0. The van der Waals surface area contributed by atoms with Crippen LogP contribution in [0.4, 0.5) is 0 Å². The van der Waals surface area contributed by atoms with E-state index in [9.17, 15) is 142 Å². The largest absolute Gasteiger partial charge is 0.394 e. The molecule has 0 radical (unpaired) electrons. The summed E-state index contributed by atoms with van der Waals surface area (Å²) in [6.07, 6.45) is -85.0. The molecule has 626 valence electrons. The third-order valence-corrected chi connectivity index (χ3v) is 19.9. The van der Waals surface area contributed by atoms with Crippen molar-refractivity contribution >= 4 is 17.7 Å². The predicted molar refractivity (Wildman–Crippen MR) is 330 cm³/mol. The molecular formula is C60H101N3O45. The first-order valence-corrected chi connectivity index (χ1v) is 34.5. The van der Waals surface area contributed by atoms with E-state index in [1.54, 1.807) is 0 Å². The molecule has 48 heteroatoms. The van der Waals surface area contributed by atoms with E-state index in [4.69, 9.17) is 80.5 Å². The molecule has 48 nitrogen and oxygen atoms in total. The van der Waals surface area contributed by atoms with Crippen LogP contribution in [0.1, 0.15) is 27.7 Å². The van der Waals surface area contributed by atoms with Crippen LogP contribution in [0.25, 0.3) is 0 Å². The van der Waals surface area contributed by atoms with Gasteiger partial charge in [-0.1, -0.05) is 0 Å². The molecule has 0 bridgehead atoms. The average Bonchev–Trinajstić information content (AvgIpc) is 0.766. The van der Waals surface area contributed by atoms with Crippen molar-refractivity contribution in [1.82, 2.24) is 16.0 Å². The minimum Gasteiger partial charge on any atom is -0.394 e. The number of rotatable bonds is 27. The van der Waals surface area contributed by atoms with Gasteiger partial charge in [-0.15, -0.1) is 0 Å². The molecule has 3 amide bonds. The quantitative estimate of drug-likeness (QED) is 0.0363. The third kappa shape index (κ3) is 19.0. The monoisotopic (exact) mass is 1580 g/mol. The summed E-state index contributed by atoms with van der Waals surface area (Å²) in [5.74, 6) is -2.84. The molecule has 0 spiro atoms. The van der Waals surface area contributed by atoms with E-state index in [1.807, 2.05) is 0 Å². The van der Waals surface area contributed by atoms with E-state index < -0.39 is 347 Å². The number of carbonyl (C=O) groups is 3. The summed E-state index contributed by atoms with van der Waals surface area (Å²) in [4.78, 5) is 39.1. The van der Waals surface area contributed by atoms with Gasteiger partial charge >= 0.3 is 0 Å². The summed E-state index contributed by atoms with van der Waals surface area (Å²) in [5, 5.41) is 282. The van der Waals surface area contributed by atoms with Crippen LogP contribution in [0, 0.1) is 0 Å². The van der Waals surface area contributed by atoms with Gasteiger partial charge in [0.25, 0.3) is 0 Å². The topological polar surface area (TPSA) is 750 Å². The first-order chi connectivity index (χ1) is 51.1. The second-order valence-electron chi connectivity index (χ2n) is 27.4. The molecule has 0 aliphatic carbocycles. The lowest BCUT2D eigenvalue weighted by Crippen LogP contribution is -2.72. The molecule has 0 aromatic carbocycles. The molecule has 9 fully saturated rings. The molecular weight excluding hydrogens is 1480 g/mol.